The van der Waals surface area contributed by atoms with Crippen LogP contribution >= 0.6 is 51.2 Å². The molecule has 0 atom stereocenters. The fraction of sp³-hybridized carbons (Fsp3) is 0.375. The molecule has 0 unspecified atom stereocenters. The van der Waals surface area contributed by atoms with Crippen molar-refractivity contribution in [3.63, 3.8) is 0 Å². The standard InChI is InChI=1S/C16H20BrFN4S.HI/c1-3-13-9-20-15(23-13)10-22-16(19-4-2)21-8-11-7-12(18)5-6-14(11)17;/h5-7,9H,3-4,8,10H2,1-2H3,(H2,19,21,22);1H. The Morgan fingerprint density at radius 2 is 2.12 bits per heavy atom. The summed E-state index contributed by atoms with van der Waals surface area (Å²) in [5, 5.41) is 7.47. The second kappa shape index (κ2) is 11.0. The minimum absolute atomic E-state index is 0. The lowest BCUT2D eigenvalue weighted by Crippen LogP contribution is -2.36. The molecular weight excluding hydrogens is 506 g/mol. The SMILES string of the molecule is CCNC(=NCc1cc(F)ccc1Br)NCc1ncc(CC)s1.I. The van der Waals surface area contributed by atoms with E-state index >= 15 is 0 Å². The van der Waals surface area contributed by atoms with E-state index in [9.17, 15) is 4.39 Å². The van der Waals surface area contributed by atoms with E-state index in [1.54, 1.807) is 17.4 Å². The van der Waals surface area contributed by atoms with Gasteiger partial charge in [0.1, 0.15) is 10.8 Å². The van der Waals surface area contributed by atoms with E-state index in [1.165, 1.54) is 17.0 Å². The lowest BCUT2D eigenvalue weighted by Gasteiger charge is -2.10. The Labute approximate surface area is 171 Å². The fourth-order valence-electron chi connectivity index (χ4n) is 1.92. The van der Waals surface area contributed by atoms with Crippen LogP contribution in [-0.4, -0.2) is 17.5 Å². The first-order valence-corrected chi connectivity index (χ1v) is 9.13. The molecule has 4 nitrogen and oxygen atoms in total. The van der Waals surface area contributed by atoms with Gasteiger partial charge in [0.2, 0.25) is 0 Å². The molecule has 0 aliphatic rings. The van der Waals surface area contributed by atoms with Crippen molar-refractivity contribution in [2.45, 2.75) is 33.4 Å². The highest BCUT2D eigenvalue weighted by Gasteiger charge is 2.04. The van der Waals surface area contributed by atoms with Crippen molar-refractivity contribution in [2.24, 2.45) is 4.99 Å². The number of aliphatic imine (C=N–C) groups is 1. The highest BCUT2D eigenvalue weighted by molar-refractivity contribution is 14.0. The molecule has 0 fully saturated rings. The van der Waals surface area contributed by atoms with Gasteiger partial charge in [0.15, 0.2) is 5.96 Å². The van der Waals surface area contributed by atoms with E-state index in [-0.39, 0.29) is 29.8 Å². The summed E-state index contributed by atoms with van der Waals surface area (Å²) in [5.74, 6) is 0.433. The average molecular weight is 527 g/mol. The summed E-state index contributed by atoms with van der Waals surface area (Å²) in [5.41, 5.74) is 0.810. The van der Waals surface area contributed by atoms with Crippen molar-refractivity contribution < 1.29 is 4.39 Å². The number of thiazole rings is 1. The van der Waals surface area contributed by atoms with Gasteiger partial charge in [0.25, 0.3) is 0 Å². The molecule has 0 saturated carbocycles. The largest absolute Gasteiger partial charge is 0.357 e. The van der Waals surface area contributed by atoms with Crippen molar-refractivity contribution in [1.82, 2.24) is 15.6 Å². The molecule has 1 heterocycles. The number of rotatable bonds is 6. The molecule has 24 heavy (non-hydrogen) atoms. The summed E-state index contributed by atoms with van der Waals surface area (Å²) in [6, 6.07) is 4.61. The summed E-state index contributed by atoms with van der Waals surface area (Å²) < 4.78 is 14.2. The zero-order valence-electron chi connectivity index (χ0n) is 13.6. The molecule has 0 radical (unpaired) electrons. The van der Waals surface area contributed by atoms with Gasteiger partial charge in [-0.1, -0.05) is 22.9 Å². The van der Waals surface area contributed by atoms with Crippen LogP contribution in [-0.2, 0) is 19.5 Å². The molecule has 0 amide bonds. The molecule has 132 valence electrons. The Kier molecular flexibility index (Phi) is 9.75. The normalized spacial score (nSPS) is 11.1. The van der Waals surface area contributed by atoms with Crippen molar-refractivity contribution in [3.05, 3.63) is 50.1 Å². The van der Waals surface area contributed by atoms with Crippen LogP contribution in [0.4, 0.5) is 4.39 Å². The summed E-state index contributed by atoms with van der Waals surface area (Å²) in [7, 11) is 0. The van der Waals surface area contributed by atoms with Crippen LogP contribution < -0.4 is 10.6 Å². The van der Waals surface area contributed by atoms with Crippen LogP contribution in [0.2, 0.25) is 0 Å². The first kappa shape index (κ1) is 21.3. The van der Waals surface area contributed by atoms with Gasteiger partial charge in [-0.3, -0.25) is 0 Å². The first-order valence-electron chi connectivity index (χ1n) is 7.52. The monoisotopic (exact) mass is 526 g/mol. The number of benzene rings is 1. The number of nitrogens with one attached hydrogen (secondary N) is 2. The Bertz CT molecular complexity index is 678. The lowest BCUT2D eigenvalue weighted by atomic mass is 10.2. The number of hydrogen-bond donors (Lipinski definition) is 2. The molecule has 0 spiro atoms. The van der Waals surface area contributed by atoms with Crippen molar-refractivity contribution in [2.75, 3.05) is 6.54 Å². The average Bonchev–Trinajstić information content (AvgIpc) is 3.01. The molecule has 2 aromatic rings. The topological polar surface area (TPSA) is 49.3 Å². The number of aryl methyl sites for hydroxylation is 1. The fourth-order valence-corrected chi connectivity index (χ4v) is 3.10. The first-order chi connectivity index (χ1) is 11.1. The molecule has 0 aliphatic heterocycles. The minimum Gasteiger partial charge on any atom is -0.357 e. The molecule has 0 bridgehead atoms. The van der Waals surface area contributed by atoms with Gasteiger partial charge in [-0.25, -0.2) is 14.4 Å². The molecule has 8 heteroatoms. The summed E-state index contributed by atoms with van der Waals surface area (Å²) in [6.45, 7) is 5.90. The summed E-state index contributed by atoms with van der Waals surface area (Å²) >= 11 is 5.12. The smallest absolute Gasteiger partial charge is 0.191 e. The molecule has 2 N–H and O–H groups in total. The van der Waals surface area contributed by atoms with E-state index in [2.05, 4.69) is 43.5 Å². The third kappa shape index (κ3) is 6.64. The van der Waals surface area contributed by atoms with Crippen LogP contribution in [0, 0.1) is 5.82 Å². The zero-order chi connectivity index (χ0) is 16.7. The molecular formula is C16H21BrFIN4S. The van der Waals surface area contributed by atoms with Crippen molar-refractivity contribution in [1.29, 1.82) is 0 Å². The van der Waals surface area contributed by atoms with E-state index in [0.29, 0.717) is 19.0 Å². The van der Waals surface area contributed by atoms with E-state index in [4.69, 9.17) is 0 Å². The highest BCUT2D eigenvalue weighted by atomic mass is 127. The number of nitrogens with zero attached hydrogens (tertiary/aromatic N) is 2. The van der Waals surface area contributed by atoms with E-state index in [0.717, 1.165) is 28.0 Å². The summed E-state index contributed by atoms with van der Waals surface area (Å²) in [6.07, 6.45) is 2.91. The zero-order valence-corrected chi connectivity index (χ0v) is 18.3. The van der Waals surface area contributed by atoms with Crippen molar-refractivity contribution >= 4 is 57.2 Å². The summed E-state index contributed by atoms with van der Waals surface area (Å²) in [4.78, 5) is 10.2. The van der Waals surface area contributed by atoms with Crippen LogP contribution in [0.1, 0.15) is 29.3 Å². The lowest BCUT2D eigenvalue weighted by molar-refractivity contribution is 0.625. The minimum atomic E-state index is -0.258. The Morgan fingerprint density at radius 1 is 1.33 bits per heavy atom. The maximum Gasteiger partial charge on any atom is 0.191 e. The van der Waals surface area contributed by atoms with Crippen LogP contribution in [0.3, 0.4) is 0 Å². The van der Waals surface area contributed by atoms with Crippen molar-refractivity contribution in [3.8, 4) is 0 Å². The predicted molar refractivity (Wildman–Crippen MR) is 113 cm³/mol. The third-order valence-corrected chi connectivity index (χ3v) is 5.03. The second-order valence-corrected chi connectivity index (χ2v) is 6.91. The molecule has 2 rings (SSSR count). The molecule has 0 saturated heterocycles. The van der Waals surface area contributed by atoms with Gasteiger partial charge in [-0.2, -0.15) is 0 Å². The number of halogens is 3. The number of guanidine groups is 1. The number of aromatic nitrogens is 1. The Hall–Kier alpha value is -0.740. The van der Waals surface area contributed by atoms with E-state index < -0.39 is 0 Å². The van der Waals surface area contributed by atoms with Gasteiger partial charge in [-0.15, -0.1) is 35.3 Å². The molecule has 0 aliphatic carbocycles. The maximum atomic E-state index is 13.3. The Balaban J connectivity index is 0.00000288. The van der Waals surface area contributed by atoms with Crippen LogP contribution in [0.5, 0.6) is 0 Å². The van der Waals surface area contributed by atoms with E-state index in [1.807, 2.05) is 13.1 Å². The quantitative estimate of drug-likeness (QED) is 0.331. The Morgan fingerprint density at radius 3 is 2.79 bits per heavy atom. The highest BCUT2D eigenvalue weighted by Crippen LogP contribution is 2.18. The maximum absolute atomic E-state index is 13.3. The van der Waals surface area contributed by atoms with Gasteiger partial charge in [0.05, 0.1) is 13.1 Å². The van der Waals surface area contributed by atoms with Gasteiger partial charge in [0, 0.05) is 22.1 Å². The number of hydrogen-bond acceptors (Lipinski definition) is 3. The van der Waals surface area contributed by atoms with Crippen LogP contribution in [0.25, 0.3) is 0 Å². The van der Waals surface area contributed by atoms with Gasteiger partial charge in [-0.05, 0) is 37.1 Å². The van der Waals surface area contributed by atoms with Gasteiger partial charge >= 0.3 is 0 Å². The predicted octanol–water partition coefficient (Wildman–Crippen LogP) is 4.48. The molecule has 1 aromatic carbocycles. The van der Waals surface area contributed by atoms with Crippen LogP contribution in [0.15, 0.2) is 33.9 Å². The second-order valence-electron chi connectivity index (χ2n) is 4.86. The third-order valence-electron chi connectivity index (χ3n) is 3.12. The van der Waals surface area contributed by atoms with Gasteiger partial charge < -0.3 is 10.6 Å². The molecule has 1 aromatic heterocycles.